The van der Waals surface area contributed by atoms with Crippen LogP contribution in [0, 0.1) is 10.1 Å². The van der Waals surface area contributed by atoms with Gasteiger partial charge in [0, 0.05) is 19.2 Å². The lowest BCUT2D eigenvalue weighted by molar-refractivity contribution is -0.384. The predicted molar refractivity (Wildman–Crippen MR) is 131 cm³/mol. The van der Waals surface area contributed by atoms with E-state index < -0.39 is 23.4 Å². The molecule has 0 spiro atoms. The van der Waals surface area contributed by atoms with Crippen LogP contribution in [0.4, 0.5) is 11.4 Å². The number of hydrogen-bond acceptors (Lipinski definition) is 8. The van der Waals surface area contributed by atoms with Gasteiger partial charge in [-0.25, -0.2) is 4.79 Å². The summed E-state index contributed by atoms with van der Waals surface area (Å²) in [5.74, 6) is 0.0711. The zero-order valence-electron chi connectivity index (χ0n) is 19.4. The van der Waals surface area contributed by atoms with E-state index in [-0.39, 0.29) is 16.9 Å². The highest BCUT2D eigenvalue weighted by atomic mass is 16.6. The fraction of sp³-hybridized carbons (Fsp3) is 0.231. The van der Waals surface area contributed by atoms with E-state index in [0.717, 1.165) is 17.2 Å². The van der Waals surface area contributed by atoms with Crippen molar-refractivity contribution in [1.82, 2.24) is 5.32 Å². The van der Waals surface area contributed by atoms with E-state index in [1.807, 2.05) is 48.5 Å². The van der Waals surface area contributed by atoms with E-state index in [0.29, 0.717) is 44.2 Å². The Kier molecular flexibility index (Phi) is 7.97. The summed E-state index contributed by atoms with van der Waals surface area (Å²) in [7, 11) is 0. The minimum absolute atomic E-state index is 0.0176. The lowest BCUT2D eigenvalue weighted by Crippen LogP contribution is -2.30. The topological polar surface area (TPSA) is 129 Å². The molecule has 186 valence electrons. The zero-order valence-corrected chi connectivity index (χ0v) is 19.4. The van der Waals surface area contributed by atoms with Gasteiger partial charge >= 0.3 is 5.97 Å². The highest BCUT2D eigenvalue weighted by Gasteiger charge is 2.19. The number of rotatable bonds is 10. The van der Waals surface area contributed by atoms with Gasteiger partial charge in [0.1, 0.15) is 18.9 Å². The molecule has 0 bridgehead atoms. The van der Waals surface area contributed by atoms with Crippen LogP contribution < -0.4 is 20.1 Å². The van der Waals surface area contributed by atoms with Crippen LogP contribution in [0.2, 0.25) is 0 Å². The van der Waals surface area contributed by atoms with Crippen LogP contribution in [0.15, 0.2) is 66.7 Å². The van der Waals surface area contributed by atoms with Gasteiger partial charge in [-0.05, 0) is 41.8 Å². The van der Waals surface area contributed by atoms with Crippen molar-refractivity contribution in [2.45, 2.75) is 13.0 Å². The molecule has 10 nitrogen and oxygen atoms in total. The number of amides is 1. The van der Waals surface area contributed by atoms with Crippen molar-refractivity contribution in [2.75, 3.05) is 31.7 Å². The second kappa shape index (κ2) is 11.7. The van der Waals surface area contributed by atoms with Crippen molar-refractivity contribution in [1.29, 1.82) is 0 Å². The van der Waals surface area contributed by atoms with E-state index in [1.54, 1.807) is 0 Å². The number of carbonyl (C=O) groups excluding carboxylic acids is 2. The Morgan fingerprint density at radius 1 is 0.944 bits per heavy atom. The number of carbonyl (C=O) groups is 2. The SMILES string of the molecule is O=C(COC(=O)c1ccc(NCc2ccccc2)c([N+](=O)[O-])c1)NCCc1ccc2c(c1)OCCO2. The van der Waals surface area contributed by atoms with Gasteiger partial charge in [-0.1, -0.05) is 36.4 Å². The fourth-order valence-corrected chi connectivity index (χ4v) is 3.61. The second-order valence-corrected chi connectivity index (χ2v) is 7.98. The molecule has 1 aliphatic rings. The number of nitrogens with one attached hydrogen (secondary N) is 2. The van der Waals surface area contributed by atoms with Gasteiger partial charge in [-0.3, -0.25) is 14.9 Å². The molecule has 3 aromatic carbocycles. The fourth-order valence-electron chi connectivity index (χ4n) is 3.61. The van der Waals surface area contributed by atoms with Crippen LogP contribution in [-0.4, -0.2) is 43.2 Å². The quantitative estimate of drug-likeness (QED) is 0.251. The number of nitrogens with zero attached hydrogens (tertiary/aromatic N) is 1. The smallest absolute Gasteiger partial charge is 0.338 e. The van der Waals surface area contributed by atoms with Crippen LogP contribution in [0.1, 0.15) is 21.5 Å². The molecule has 1 heterocycles. The van der Waals surface area contributed by atoms with Crippen molar-refractivity contribution < 1.29 is 28.7 Å². The van der Waals surface area contributed by atoms with Gasteiger partial charge in [-0.15, -0.1) is 0 Å². The molecule has 0 saturated heterocycles. The molecule has 0 atom stereocenters. The first-order valence-corrected chi connectivity index (χ1v) is 11.4. The van der Waals surface area contributed by atoms with E-state index in [1.165, 1.54) is 12.1 Å². The molecular formula is C26H25N3O7. The molecule has 0 fully saturated rings. The summed E-state index contributed by atoms with van der Waals surface area (Å²) in [4.78, 5) is 35.4. The molecule has 36 heavy (non-hydrogen) atoms. The number of ether oxygens (including phenoxy) is 3. The maximum atomic E-state index is 12.4. The van der Waals surface area contributed by atoms with Gasteiger partial charge in [-0.2, -0.15) is 0 Å². The van der Waals surface area contributed by atoms with Crippen molar-refractivity contribution in [3.8, 4) is 11.5 Å². The van der Waals surface area contributed by atoms with Crippen LogP contribution in [0.3, 0.4) is 0 Å². The van der Waals surface area contributed by atoms with Gasteiger partial charge in [0.05, 0.1) is 10.5 Å². The van der Waals surface area contributed by atoms with Gasteiger partial charge in [0.15, 0.2) is 18.1 Å². The van der Waals surface area contributed by atoms with E-state index >= 15 is 0 Å². The first-order chi connectivity index (χ1) is 17.5. The maximum absolute atomic E-state index is 12.4. The average Bonchev–Trinajstić information content (AvgIpc) is 2.91. The van der Waals surface area contributed by atoms with Crippen molar-refractivity contribution in [3.63, 3.8) is 0 Å². The standard InChI is InChI=1S/C26H25N3O7/c30-25(27-11-10-18-6-9-23-24(14-18)35-13-12-34-23)17-36-26(31)20-7-8-21(22(15-20)29(32)33)28-16-19-4-2-1-3-5-19/h1-9,14-15,28H,10-13,16-17H2,(H,27,30). The Hall–Kier alpha value is -4.60. The van der Waals surface area contributed by atoms with Gasteiger partial charge in [0.25, 0.3) is 11.6 Å². The summed E-state index contributed by atoms with van der Waals surface area (Å²) < 4.78 is 16.1. The lowest BCUT2D eigenvalue weighted by atomic mass is 10.1. The minimum Gasteiger partial charge on any atom is -0.486 e. The van der Waals surface area contributed by atoms with Crippen LogP contribution in [-0.2, 0) is 22.5 Å². The maximum Gasteiger partial charge on any atom is 0.338 e. The molecule has 1 aliphatic heterocycles. The van der Waals surface area contributed by atoms with E-state index in [9.17, 15) is 19.7 Å². The van der Waals surface area contributed by atoms with Gasteiger partial charge in [0.2, 0.25) is 0 Å². The third kappa shape index (κ3) is 6.50. The first kappa shape index (κ1) is 24.5. The Bertz CT molecular complexity index is 1250. The Morgan fingerprint density at radius 3 is 2.50 bits per heavy atom. The Labute approximate surface area is 207 Å². The highest BCUT2D eigenvalue weighted by molar-refractivity contribution is 5.93. The summed E-state index contributed by atoms with van der Waals surface area (Å²) in [6, 6.07) is 19.0. The van der Waals surface area contributed by atoms with Crippen molar-refractivity contribution in [2.24, 2.45) is 0 Å². The predicted octanol–water partition coefficient (Wildman–Crippen LogP) is 3.49. The molecule has 0 saturated carbocycles. The van der Waals surface area contributed by atoms with E-state index in [2.05, 4.69) is 10.6 Å². The molecule has 0 radical (unpaired) electrons. The molecule has 2 N–H and O–H groups in total. The number of fused-ring (bicyclic) bond motifs is 1. The second-order valence-electron chi connectivity index (χ2n) is 7.98. The number of esters is 1. The largest absolute Gasteiger partial charge is 0.486 e. The molecule has 0 aromatic heterocycles. The third-order valence-corrected chi connectivity index (χ3v) is 5.43. The highest BCUT2D eigenvalue weighted by Crippen LogP contribution is 2.31. The summed E-state index contributed by atoms with van der Waals surface area (Å²) in [6.45, 7) is 1.24. The Morgan fingerprint density at radius 2 is 1.72 bits per heavy atom. The summed E-state index contributed by atoms with van der Waals surface area (Å²) in [5, 5.41) is 17.2. The molecule has 0 unspecified atom stereocenters. The van der Waals surface area contributed by atoms with Crippen molar-refractivity contribution in [3.05, 3.63) is 93.5 Å². The number of hydrogen-bond donors (Lipinski definition) is 2. The van der Waals surface area contributed by atoms with Crippen molar-refractivity contribution >= 4 is 23.3 Å². The monoisotopic (exact) mass is 491 g/mol. The molecule has 10 heteroatoms. The number of nitro benzene ring substituents is 1. The van der Waals surface area contributed by atoms with Crippen LogP contribution in [0.25, 0.3) is 0 Å². The molecule has 1 amide bonds. The lowest BCUT2D eigenvalue weighted by Gasteiger charge is -2.18. The summed E-state index contributed by atoms with van der Waals surface area (Å²) in [5.41, 5.74) is 1.91. The summed E-state index contributed by atoms with van der Waals surface area (Å²) >= 11 is 0. The normalized spacial score (nSPS) is 11.9. The zero-order chi connectivity index (χ0) is 25.3. The van der Waals surface area contributed by atoms with Gasteiger partial charge < -0.3 is 24.8 Å². The number of anilines is 1. The van der Waals surface area contributed by atoms with E-state index in [4.69, 9.17) is 14.2 Å². The first-order valence-electron chi connectivity index (χ1n) is 11.4. The molecular weight excluding hydrogens is 466 g/mol. The average molecular weight is 492 g/mol. The number of benzene rings is 3. The van der Waals surface area contributed by atoms with Crippen LogP contribution >= 0.6 is 0 Å². The molecule has 0 aliphatic carbocycles. The molecule has 3 aromatic rings. The number of nitro groups is 1. The van der Waals surface area contributed by atoms with Crippen LogP contribution in [0.5, 0.6) is 11.5 Å². The molecule has 4 rings (SSSR count). The third-order valence-electron chi connectivity index (χ3n) is 5.43. The summed E-state index contributed by atoms with van der Waals surface area (Å²) in [6.07, 6.45) is 0.556. The minimum atomic E-state index is -0.824. The Balaban J connectivity index is 1.26.